The molecule has 122 valence electrons. The number of urea groups is 1. The molecular formula is C15H17N3O3S2. The summed E-state index contributed by atoms with van der Waals surface area (Å²) in [6.07, 6.45) is 0.570. The summed E-state index contributed by atoms with van der Waals surface area (Å²) in [5.41, 5.74) is 1.53. The van der Waals surface area contributed by atoms with Crippen molar-refractivity contribution < 1.29 is 13.2 Å². The normalized spacial score (nSPS) is 11.0. The Morgan fingerprint density at radius 2 is 1.74 bits per heavy atom. The van der Waals surface area contributed by atoms with Gasteiger partial charge in [0.2, 0.25) is 10.0 Å². The second kappa shape index (κ2) is 7.49. The second-order valence-electron chi connectivity index (χ2n) is 4.84. The van der Waals surface area contributed by atoms with E-state index in [9.17, 15) is 13.2 Å². The molecule has 2 aromatic rings. The molecule has 0 unspecified atom stereocenters. The van der Waals surface area contributed by atoms with Crippen LogP contribution in [0.25, 0.3) is 0 Å². The van der Waals surface area contributed by atoms with Crippen LogP contribution in [0.3, 0.4) is 0 Å². The maximum Gasteiger partial charge on any atom is 0.319 e. The molecule has 0 saturated carbocycles. The van der Waals surface area contributed by atoms with E-state index in [4.69, 9.17) is 5.14 Å². The number of thiol groups is 1. The van der Waals surface area contributed by atoms with Gasteiger partial charge in [0.15, 0.2) is 0 Å². The van der Waals surface area contributed by atoms with E-state index in [1.54, 1.807) is 24.3 Å². The molecule has 0 aliphatic carbocycles. The summed E-state index contributed by atoms with van der Waals surface area (Å²) in [5.74, 6) is 0. The highest BCUT2D eigenvalue weighted by Crippen LogP contribution is 2.18. The number of nitrogens with two attached hydrogens (primary N) is 1. The SMILES string of the molecule is NS(=O)(=O)c1ccc(CCNC(=O)Nc2ccccc2S)cc1. The zero-order valence-electron chi connectivity index (χ0n) is 12.2. The lowest BCUT2D eigenvalue weighted by molar-refractivity contribution is 0.252. The zero-order chi connectivity index (χ0) is 16.9. The number of anilines is 1. The number of carbonyl (C=O) groups is 1. The van der Waals surface area contributed by atoms with Crippen molar-refractivity contribution in [2.45, 2.75) is 16.2 Å². The Morgan fingerprint density at radius 1 is 1.09 bits per heavy atom. The Hall–Kier alpha value is -2.03. The molecular weight excluding hydrogens is 334 g/mol. The van der Waals surface area contributed by atoms with Crippen LogP contribution < -0.4 is 15.8 Å². The number of amides is 2. The van der Waals surface area contributed by atoms with E-state index >= 15 is 0 Å². The molecule has 0 bridgehead atoms. The van der Waals surface area contributed by atoms with Gasteiger partial charge in [-0.3, -0.25) is 0 Å². The van der Waals surface area contributed by atoms with Gasteiger partial charge in [-0.15, -0.1) is 12.6 Å². The molecule has 0 fully saturated rings. The fourth-order valence-corrected chi connectivity index (χ4v) is 2.64. The van der Waals surface area contributed by atoms with Crippen molar-refractivity contribution in [3.63, 3.8) is 0 Å². The Bertz CT molecular complexity index is 790. The molecule has 0 heterocycles. The number of hydrogen-bond acceptors (Lipinski definition) is 4. The van der Waals surface area contributed by atoms with E-state index in [0.29, 0.717) is 23.5 Å². The molecule has 0 saturated heterocycles. The molecule has 8 heteroatoms. The number of hydrogen-bond donors (Lipinski definition) is 4. The van der Waals surface area contributed by atoms with Crippen LogP contribution in [0.5, 0.6) is 0 Å². The van der Waals surface area contributed by atoms with Crippen LogP contribution in [0.4, 0.5) is 10.5 Å². The molecule has 0 aliphatic heterocycles. The number of primary sulfonamides is 1. The highest BCUT2D eigenvalue weighted by Gasteiger charge is 2.07. The van der Waals surface area contributed by atoms with E-state index in [0.717, 1.165) is 5.56 Å². The van der Waals surface area contributed by atoms with Gasteiger partial charge >= 0.3 is 6.03 Å². The molecule has 0 spiro atoms. The molecule has 23 heavy (non-hydrogen) atoms. The van der Waals surface area contributed by atoms with Gasteiger partial charge in [-0.2, -0.15) is 0 Å². The third kappa shape index (κ3) is 5.27. The first-order chi connectivity index (χ1) is 10.9. The number of carbonyl (C=O) groups excluding carboxylic acids is 1. The first-order valence-electron chi connectivity index (χ1n) is 6.81. The minimum absolute atomic E-state index is 0.0670. The Kier molecular flexibility index (Phi) is 5.64. The summed E-state index contributed by atoms with van der Waals surface area (Å²) in [6, 6.07) is 13.1. The molecule has 6 nitrogen and oxygen atoms in total. The predicted molar refractivity (Wildman–Crippen MR) is 92.2 cm³/mol. The summed E-state index contributed by atoms with van der Waals surface area (Å²) in [5, 5.41) is 10.5. The standard InChI is InChI=1S/C15H17N3O3S2/c16-23(20,21)12-7-5-11(6-8-12)9-10-17-15(19)18-13-3-1-2-4-14(13)22/h1-8,22H,9-10H2,(H2,16,20,21)(H2,17,18,19). The molecule has 0 atom stereocenters. The Morgan fingerprint density at radius 3 is 2.35 bits per heavy atom. The molecule has 2 rings (SSSR count). The van der Waals surface area contributed by atoms with Gasteiger partial charge in [0, 0.05) is 11.4 Å². The molecule has 0 aromatic heterocycles. The van der Waals surface area contributed by atoms with E-state index in [-0.39, 0.29) is 10.9 Å². The van der Waals surface area contributed by atoms with Gasteiger partial charge in [0.25, 0.3) is 0 Å². The van der Waals surface area contributed by atoms with Crippen molar-refractivity contribution in [1.82, 2.24) is 5.32 Å². The molecule has 4 N–H and O–H groups in total. The average molecular weight is 351 g/mol. The maximum absolute atomic E-state index is 11.8. The number of nitrogens with one attached hydrogen (secondary N) is 2. The molecule has 0 radical (unpaired) electrons. The lowest BCUT2D eigenvalue weighted by Crippen LogP contribution is -2.30. The summed E-state index contributed by atoms with van der Waals surface area (Å²) in [7, 11) is -3.68. The first-order valence-corrected chi connectivity index (χ1v) is 8.80. The molecule has 2 aromatic carbocycles. The topological polar surface area (TPSA) is 101 Å². The average Bonchev–Trinajstić information content (AvgIpc) is 2.49. The first kappa shape index (κ1) is 17.3. The van der Waals surface area contributed by atoms with E-state index in [2.05, 4.69) is 23.3 Å². The third-order valence-corrected chi connectivity index (χ3v) is 4.42. The smallest absolute Gasteiger partial charge is 0.319 e. The summed E-state index contributed by atoms with van der Waals surface area (Å²) in [6.45, 7) is 0.412. The third-order valence-electron chi connectivity index (χ3n) is 3.10. The monoisotopic (exact) mass is 351 g/mol. The summed E-state index contributed by atoms with van der Waals surface area (Å²) >= 11 is 4.25. The molecule has 0 aliphatic rings. The van der Waals surface area contributed by atoms with Crippen LogP contribution in [-0.2, 0) is 16.4 Å². The predicted octanol–water partition coefficient (Wildman–Crippen LogP) is 1.99. The zero-order valence-corrected chi connectivity index (χ0v) is 13.9. The largest absolute Gasteiger partial charge is 0.338 e. The van der Waals surface area contributed by atoms with Crippen LogP contribution in [0.2, 0.25) is 0 Å². The fraction of sp³-hybridized carbons (Fsp3) is 0.133. The van der Waals surface area contributed by atoms with Crippen LogP contribution in [0.15, 0.2) is 58.3 Å². The second-order valence-corrected chi connectivity index (χ2v) is 6.88. The van der Waals surface area contributed by atoms with Gasteiger partial charge < -0.3 is 10.6 Å². The minimum Gasteiger partial charge on any atom is -0.338 e. The number of sulfonamides is 1. The van der Waals surface area contributed by atoms with Gasteiger partial charge in [-0.05, 0) is 36.2 Å². The lowest BCUT2D eigenvalue weighted by atomic mass is 10.1. The van der Waals surface area contributed by atoms with Gasteiger partial charge in [-0.1, -0.05) is 24.3 Å². The summed E-state index contributed by atoms with van der Waals surface area (Å²) < 4.78 is 22.3. The van der Waals surface area contributed by atoms with Crippen molar-refractivity contribution in [2.75, 3.05) is 11.9 Å². The maximum atomic E-state index is 11.8. The quantitative estimate of drug-likeness (QED) is 0.620. The number of rotatable bonds is 5. The highest BCUT2D eigenvalue weighted by atomic mass is 32.2. The number of para-hydroxylation sites is 1. The van der Waals surface area contributed by atoms with Crippen molar-refractivity contribution >= 4 is 34.4 Å². The van der Waals surface area contributed by atoms with Crippen LogP contribution in [-0.4, -0.2) is 21.0 Å². The van der Waals surface area contributed by atoms with E-state index in [1.165, 1.54) is 12.1 Å². The van der Waals surface area contributed by atoms with Gasteiger partial charge in [-0.25, -0.2) is 18.4 Å². The minimum atomic E-state index is -3.68. The Labute approximate surface area is 140 Å². The lowest BCUT2D eigenvalue weighted by Gasteiger charge is -2.09. The number of benzene rings is 2. The van der Waals surface area contributed by atoms with Crippen molar-refractivity contribution in [3.05, 3.63) is 54.1 Å². The van der Waals surface area contributed by atoms with Crippen LogP contribution in [0.1, 0.15) is 5.56 Å². The highest BCUT2D eigenvalue weighted by molar-refractivity contribution is 7.89. The van der Waals surface area contributed by atoms with Crippen molar-refractivity contribution in [2.24, 2.45) is 5.14 Å². The van der Waals surface area contributed by atoms with Crippen LogP contribution >= 0.6 is 12.6 Å². The van der Waals surface area contributed by atoms with E-state index < -0.39 is 10.0 Å². The van der Waals surface area contributed by atoms with E-state index in [1.807, 2.05) is 12.1 Å². The van der Waals surface area contributed by atoms with Crippen LogP contribution in [0, 0.1) is 0 Å². The van der Waals surface area contributed by atoms with Gasteiger partial charge in [0.05, 0.1) is 10.6 Å². The van der Waals surface area contributed by atoms with Gasteiger partial charge in [0.1, 0.15) is 0 Å². The molecule has 2 amide bonds. The van der Waals surface area contributed by atoms with Crippen molar-refractivity contribution in [1.29, 1.82) is 0 Å². The fourth-order valence-electron chi connectivity index (χ4n) is 1.91. The van der Waals surface area contributed by atoms with Crippen molar-refractivity contribution in [3.8, 4) is 0 Å². The summed E-state index contributed by atoms with van der Waals surface area (Å²) in [4.78, 5) is 12.5. The Balaban J connectivity index is 1.83.